The van der Waals surface area contributed by atoms with Gasteiger partial charge < -0.3 is 14.7 Å². The normalized spacial score (nSPS) is 20.8. The third-order valence-corrected chi connectivity index (χ3v) is 7.44. The number of aliphatic hydroxyl groups excluding tert-OH is 1. The van der Waals surface area contributed by atoms with E-state index in [4.69, 9.17) is 4.74 Å². The molecule has 0 aromatic heterocycles. The topological polar surface area (TPSA) is 66.8 Å². The Bertz CT molecular complexity index is 1150. The molecular weight excluding hydrogens is 438 g/mol. The molecule has 186 valence electrons. The van der Waals surface area contributed by atoms with Crippen molar-refractivity contribution >= 4 is 17.4 Å². The minimum absolute atomic E-state index is 0.00525. The molecule has 0 radical (unpaired) electrons. The molecule has 1 unspecified atom stereocenters. The molecular formula is C30H37NO4. The van der Waals surface area contributed by atoms with Crippen LogP contribution >= 0.6 is 0 Å². The highest BCUT2D eigenvalue weighted by Gasteiger charge is 2.49. The number of nitrogens with zero attached hydrogens (tertiary/aromatic N) is 1. The smallest absolute Gasteiger partial charge is 0.295 e. The maximum Gasteiger partial charge on any atom is 0.295 e. The van der Waals surface area contributed by atoms with E-state index in [1.807, 2.05) is 30.3 Å². The number of benzene rings is 2. The minimum atomic E-state index is -0.629. The van der Waals surface area contributed by atoms with Gasteiger partial charge in [-0.2, -0.15) is 0 Å². The number of carbonyl (C=O) groups is 2. The van der Waals surface area contributed by atoms with Crippen molar-refractivity contribution in [3.05, 3.63) is 70.3 Å². The second kappa shape index (κ2) is 9.52. The van der Waals surface area contributed by atoms with Gasteiger partial charge in [0.25, 0.3) is 11.7 Å². The molecule has 0 bridgehead atoms. The van der Waals surface area contributed by atoms with E-state index in [0.717, 1.165) is 36.8 Å². The first-order chi connectivity index (χ1) is 16.5. The van der Waals surface area contributed by atoms with Crippen LogP contribution in [0.5, 0.6) is 5.75 Å². The molecule has 1 aliphatic heterocycles. The predicted molar refractivity (Wildman–Crippen MR) is 139 cm³/mol. The van der Waals surface area contributed by atoms with Crippen molar-refractivity contribution in [2.75, 3.05) is 7.11 Å². The Kier molecular flexibility index (Phi) is 6.81. The molecule has 1 aliphatic carbocycles. The molecule has 1 heterocycles. The summed E-state index contributed by atoms with van der Waals surface area (Å²) in [6.07, 6.45) is 3.81. The van der Waals surface area contributed by atoms with Gasteiger partial charge in [0.1, 0.15) is 11.5 Å². The van der Waals surface area contributed by atoms with Crippen LogP contribution in [0, 0.1) is 0 Å². The van der Waals surface area contributed by atoms with E-state index in [0.29, 0.717) is 17.2 Å². The molecule has 5 nitrogen and oxygen atoms in total. The van der Waals surface area contributed by atoms with E-state index < -0.39 is 17.7 Å². The first-order valence-corrected chi connectivity index (χ1v) is 12.6. The van der Waals surface area contributed by atoms with E-state index in [-0.39, 0.29) is 22.8 Å². The molecule has 35 heavy (non-hydrogen) atoms. The van der Waals surface area contributed by atoms with Gasteiger partial charge in [0.05, 0.1) is 24.3 Å². The minimum Gasteiger partial charge on any atom is -0.507 e. The van der Waals surface area contributed by atoms with Crippen LogP contribution in [0.15, 0.2) is 48.0 Å². The van der Waals surface area contributed by atoms with Crippen molar-refractivity contribution in [2.24, 2.45) is 0 Å². The zero-order chi connectivity index (χ0) is 25.5. The molecule has 2 aliphatic rings. The molecule has 2 fully saturated rings. The Labute approximate surface area is 208 Å². The van der Waals surface area contributed by atoms with E-state index in [1.54, 1.807) is 12.0 Å². The van der Waals surface area contributed by atoms with Crippen LogP contribution in [0.4, 0.5) is 0 Å². The SMILES string of the molecule is COc1ccc(C(C)(C)C)cc1/C(O)=C1\C(=O)C(=O)N(C2CCCC2)C1c1ccc(C(C)C)cc1. The number of amides is 1. The Morgan fingerprint density at radius 3 is 2.20 bits per heavy atom. The van der Waals surface area contributed by atoms with Crippen molar-refractivity contribution < 1.29 is 19.4 Å². The van der Waals surface area contributed by atoms with Gasteiger partial charge in [-0.1, -0.05) is 77.8 Å². The lowest BCUT2D eigenvalue weighted by Crippen LogP contribution is -2.37. The monoisotopic (exact) mass is 475 g/mol. The maximum atomic E-state index is 13.5. The Hall–Kier alpha value is -3.08. The van der Waals surface area contributed by atoms with Crippen LogP contribution in [-0.4, -0.2) is 34.8 Å². The van der Waals surface area contributed by atoms with Gasteiger partial charge in [-0.3, -0.25) is 9.59 Å². The summed E-state index contributed by atoms with van der Waals surface area (Å²) in [5.41, 5.74) is 3.45. The number of Topliss-reactive ketones (excluding diaryl/α,β-unsaturated/α-hetero) is 1. The second-order valence-electron chi connectivity index (χ2n) is 11.1. The number of ketones is 1. The van der Waals surface area contributed by atoms with Crippen LogP contribution in [0.3, 0.4) is 0 Å². The van der Waals surface area contributed by atoms with Gasteiger partial charge in [-0.15, -0.1) is 0 Å². The maximum absolute atomic E-state index is 13.5. The van der Waals surface area contributed by atoms with Crippen molar-refractivity contribution in [1.82, 2.24) is 4.90 Å². The largest absolute Gasteiger partial charge is 0.507 e. The van der Waals surface area contributed by atoms with Gasteiger partial charge in [0.15, 0.2) is 0 Å². The Morgan fingerprint density at radius 2 is 1.66 bits per heavy atom. The molecule has 1 saturated heterocycles. The van der Waals surface area contributed by atoms with Crippen LogP contribution < -0.4 is 4.74 Å². The third kappa shape index (κ3) is 4.61. The van der Waals surface area contributed by atoms with Gasteiger partial charge in [0, 0.05) is 6.04 Å². The fraction of sp³-hybridized carbons (Fsp3) is 0.467. The molecule has 1 atom stereocenters. The van der Waals surface area contributed by atoms with Crippen LogP contribution in [0.2, 0.25) is 0 Å². The lowest BCUT2D eigenvalue weighted by atomic mass is 9.85. The van der Waals surface area contributed by atoms with Crippen molar-refractivity contribution in [3.8, 4) is 5.75 Å². The predicted octanol–water partition coefficient (Wildman–Crippen LogP) is 6.48. The van der Waals surface area contributed by atoms with Crippen molar-refractivity contribution in [2.45, 2.75) is 83.7 Å². The summed E-state index contributed by atoms with van der Waals surface area (Å²) in [7, 11) is 1.54. The van der Waals surface area contributed by atoms with Crippen LogP contribution in [0.25, 0.3) is 5.76 Å². The first kappa shape index (κ1) is 25.0. The summed E-state index contributed by atoms with van der Waals surface area (Å²) >= 11 is 0. The van der Waals surface area contributed by atoms with Gasteiger partial charge >= 0.3 is 0 Å². The highest BCUT2D eigenvalue weighted by atomic mass is 16.5. The summed E-state index contributed by atoms with van der Waals surface area (Å²) in [4.78, 5) is 28.6. The zero-order valence-electron chi connectivity index (χ0n) is 21.7. The summed E-state index contributed by atoms with van der Waals surface area (Å²) in [5.74, 6) is -0.492. The molecule has 1 saturated carbocycles. The highest BCUT2D eigenvalue weighted by molar-refractivity contribution is 6.46. The number of carbonyl (C=O) groups excluding carboxylic acids is 2. The number of hydrogen-bond acceptors (Lipinski definition) is 4. The molecule has 2 aromatic carbocycles. The summed E-state index contributed by atoms with van der Waals surface area (Å²) in [5, 5.41) is 11.6. The number of rotatable bonds is 5. The lowest BCUT2D eigenvalue weighted by Gasteiger charge is -2.31. The quantitative estimate of drug-likeness (QED) is 0.305. The van der Waals surface area contributed by atoms with E-state index in [1.165, 1.54) is 5.56 Å². The molecule has 4 rings (SSSR count). The summed E-state index contributed by atoms with van der Waals surface area (Å²) < 4.78 is 5.56. The van der Waals surface area contributed by atoms with Gasteiger partial charge in [-0.05, 0) is 53.0 Å². The summed E-state index contributed by atoms with van der Waals surface area (Å²) in [6.45, 7) is 10.5. The number of ether oxygens (including phenoxy) is 1. The van der Waals surface area contributed by atoms with E-state index >= 15 is 0 Å². The Balaban J connectivity index is 1.92. The standard InChI is InChI=1S/C30H37NO4/c1-18(2)19-11-13-20(14-12-19)26-25(28(33)29(34)31(26)22-9-7-8-10-22)27(32)23-17-21(30(3,4)5)15-16-24(23)35-6/h11-18,22,26,32H,7-10H2,1-6H3/b27-25+. The fourth-order valence-corrected chi connectivity index (χ4v) is 5.30. The number of aliphatic hydroxyl groups is 1. The van der Waals surface area contributed by atoms with E-state index in [9.17, 15) is 14.7 Å². The second-order valence-corrected chi connectivity index (χ2v) is 11.1. The number of methoxy groups -OCH3 is 1. The Morgan fingerprint density at radius 1 is 1.03 bits per heavy atom. The molecule has 2 aromatic rings. The van der Waals surface area contributed by atoms with Crippen LogP contribution in [0.1, 0.15) is 94.5 Å². The average molecular weight is 476 g/mol. The molecule has 5 heteroatoms. The lowest BCUT2D eigenvalue weighted by molar-refractivity contribution is -0.141. The van der Waals surface area contributed by atoms with Crippen molar-refractivity contribution in [1.29, 1.82) is 0 Å². The zero-order valence-corrected chi connectivity index (χ0v) is 21.7. The fourth-order valence-electron chi connectivity index (χ4n) is 5.30. The van der Waals surface area contributed by atoms with Gasteiger partial charge in [0.2, 0.25) is 0 Å². The number of hydrogen-bond donors (Lipinski definition) is 1. The average Bonchev–Trinajstić information content (AvgIpc) is 3.44. The molecule has 0 spiro atoms. The van der Waals surface area contributed by atoms with Gasteiger partial charge in [-0.25, -0.2) is 0 Å². The highest BCUT2D eigenvalue weighted by Crippen LogP contribution is 2.45. The third-order valence-electron chi connectivity index (χ3n) is 7.44. The molecule has 1 amide bonds. The summed E-state index contributed by atoms with van der Waals surface area (Å²) in [6, 6.07) is 13.1. The van der Waals surface area contributed by atoms with Crippen LogP contribution in [-0.2, 0) is 15.0 Å². The molecule has 1 N–H and O–H groups in total. The van der Waals surface area contributed by atoms with E-state index in [2.05, 4.69) is 46.8 Å². The first-order valence-electron chi connectivity index (χ1n) is 12.6. The van der Waals surface area contributed by atoms with Crippen molar-refractivity contribution in [3.63, 3.8) is 0 Å². The number of likely N-dealkylation sites (tertiary alicyclic amines) is 1.